The third-order valence-corrected chi connectivity index (χ3v) is 1.98. The number of halogens is 2. The van der Waals surface area contributed by atoms with Crippen LogP contribution in [0.4, 0.5) is 4.39 Å². The Morgan fingerprint density at radius 3 is 2.77 bits per heavy atom. The minimum absolute atomic E-state index is 0.126. The molecule has 0 unspecified atom stereocenters. The Hall–Kier alpha value is -1.21. The van der Waals surface area contributed by atoms with Crippen molar-refractivity contribution in [1.82, 2.24) is 0 Å². The summed E-state index contributed by atoms with van der Waals surface area (Å²) in [5, 5.41) is 8.63. The third-order valence-electron chi connectivity index (χ3n) is 1.47. The molecule has 0 aliphatic rings. The van der Waals surface area contributed by atoms with Crippen LogP contribution < -0.4 is 0 Å². The Bertz CT molecular complexity index is 384. The van der Waals surface area contributed by atoms with Crippen molar-refractivity contribution in [2.45, 2.75) is 0 Å². The molecule has 0 atom stereocenters. The molecule has 0 aliphatic carbocycles. The van der Waals surface area contributed by atoms with E-state index in [0.29, 0.717) is 0 Å². The van der Waals surface area contributed by atoms with Gasteiger partial charge in [-0.15, -0.1) is 0 Å². The van der Waals surface area contributed by atoms with E-state index in [1.54, 1.807) is 6.07 Å². The molecule has 0 heterocycles. The van der Waals surface area contributed by atoms with Gasteiger partial charge in [-0.3, -0.25) is 4.79 Å². The summed E-state index contributed by atoms with van der Waals surface area (Å²) in [5.74, 6) is -0.806. The zero-order valence-electron chi connectivity index (χ0n) is 6.55. The fourth-order valence-corrected chi connectivity index (χ4v) is 1.22. The number of nitrogens with zero attached hydrogens (tertiary/aromatic N) is 1. The molecule has 0 aromatic heterocycles. The van der Waals surface area contributed by atoms with Crippen molar-refractivity contribution in [2.75, 3.05) is 5.33 Å². The van der Waals surface area contributed by atoms with E-state index >= 15 is 0 Å². The summed E-state index contributed by atoms with van der Waals surface area (Å²) in [7, 11) is 0. The molecule has 0 aliphatic heterocycles. The summed E-state index contributed by atoms with van der Waals surface area (Å²) < 4.78 is 12.8. The van der Waals surface area contributed by atoms with Crippen LogP contribution in [0.2, 0.25) is 0 Å². The summed E-state index contributed by atoms with van der Waals surface area (Å²) >= 11 is 2.97. The standard InChI is InChI=1S/C9H5BrFNO/c10-4-9(13)7-1-6(5-12)2-8(11)3-7/h1-3H,4H2. The molecular formula is C9H5BrFNO. The van der Waals surface area contributed by atoms with E-state index in [1.165, 1.54) is 6.07 Å². The molecule has 0 N–H and O–H groups in total. The van der Waals surface area contributed by atoms with Gasteiger partial charge in [0.05, 0.1) is 17.0 Å². The van der Waals surface area contributed by atoms with Crippen LogP contribution in [0.15, 0.2) is 18.2 Å². The monoisotopic (exact) mass is 241 g/mol. The highest BCUT2D eigenvalue weighted by Gasteiger charge is 2.06. The van der Waals surface area contributed by atoms with Crippen LogP contribution in [0.5, 0.6) is 0 Å². The van der Waals surface area contributed by atoms with E-state index in [2.05, 4.69) is 15.9 Å². The maximum Gasteiger partial charge on any atom is 0.173 e. The SMILES string of the molecule is N#Cc1cc(F)cc(C(=O)CBr)c1. The van der Waals surface area contributed by atoms with E-state index in [-0.39, 0.29) is 22.2 Å². The molecule has 66 valence electrons. The summed E-state index contributed by atoms with van der Waals surface area (Å²) in [6.45, 7) is 0. The van der Waals surface area contributed by atoms with Crippen molar-refractivity contribution in [3.05, 3.63) is 35.1 Å². The number of benzene rings is 1. The maximum atomic E-state index is 12.8. The second-order valence-electron chi connectivity index (χ2n) is 2.40. The van der Waals surface area contributed by atoms with Crippen molar-refractivity contribution < 1.29 is 9.18 Å². The largest absolute Gasteiger partial charge is 0.293 e. The van der Waals surface area contributed by atoms with Gasteiger partial charge in [0.2, 0.25) is 0 Å². The van der Waals surface area contributed by atoms with Crippen molar-refractivity contribution in [1.29, 1.82) is 5.26 Å². The lowest BCUT2D eigenvalue weighted by Crippen LogP contribution is -2.01. The van der Waals surface area contributed by atoms with Gasteiger partial charge in [0, 0.05) is 5.56 Å². The van der Waals surface area contributed by atoms with Gasteiger partial charge in [-0.25, -0.2) is 4.39 Å². The van der Waals surface area contributed by atoms with Crippen LogP contribution in [0.3, 0.4) is 0 Å². The lowest BCUT2D eigenvalue weighted by atomic mass is 10.1. The number of nitriles is 1. The second kappa shape index (κ2) is 4.15. The normalized spacial score (nSPS) is 9.31. The molecule has 1 aromatic carbocycles. The van der Waals surface area contributed by atoms with Crippen LogP contribution >= 0.6 is 15.9 Å². The lowest BCUT2D eigenvalue weighted by molar-refractivity contribution is 0.102. The molecule has 0 saturated carbocycles. The second-order valence-corrected chi connectivity index (χ2v) is 2.96. The number of ketones is 1. The number of carbonyl (C=O) groups excluding carboxylic acids is 1. The van der Waals surface area contributed by atoms with Gasteiger partial charge in [0.15, 0.2) is 5.78 Å². The van der Waals surface area contributed by atoms with Crippen molar-refractivity contribution >= 4 is 21.7 Å². The zero-order chi connectivity index (χ0) is 9.84. The maximum absolute atomic E-state index is 12.8. The first kappa shape index (κ1) is 9.87. The lowest BCUT2D eigenvalue weighted by Gasteiger charge is -1.97. The van der Waals surface area contributed by atoms with E-state index in [1.807, 2.05) is 0 Å². The van der Waals surface area contributed by atoms with Gasteiger partial charge >= 0.3 is 0 Å². The predicted octanol–water partition coefficient (Wildman–Crippen LogP) is 2.27. The molecule has 13 heavy (non-hydrogen) atoms. The highest BCUT2D eigenvalue weighted by molar-refractivity contribution is 9.09. The molecular weight excluding hydrogens is 237 g/mol. The quantitative estimate of drug-likeness (QED) is 0.589. The number of alkyl halides is 1. The molecule has 0 fully saturated rings. The van der Waals surface area contributed by atoms with Crippen molar-refractivity contribution in [2.24, 2.45) is 0 Å². The molecule has 0 bridgehead atoms. The third kappa shape index (κ3) is 2.36. The van der Waals surface area contributed by atoms with Gasteiger partial charge in [0.1, 0.15) is 5.82 Å². The Kier molecular flexibility index (Phi) is 3.15. The Balaban J connectivity index is 3.17. The first-order valence-corrected chi connectivity index (χ1v) is 4.59. The minimum atomic E-state index is -0.566. The Morgan fingerprint density at radius 2 is 2.23 bits per heavy atom. The molecule has 0 saturated heterocycles. The van der Waals surface area contributed by atoms with E-state index < -0.39 is 5.82 Å². The molecule has 1 rings (SSSR count). The number of hydrogen-bond acceptors (Lipinski definition) is 2. The van der Waals surface area contributed by atoms with Crippen LogP contribution in [0.1, 0.15) is 15.9 Å². The number of hydrogen-bond donors (Lipinski definition) is 0. The molecule has 0 amide bonds. The summed E-state index contributed by atoms with van der Waals surface area (Å²) in [5.41, 5.74) is 0.373. The summed E-state index contributed by atoms with van der Waals surface area (Å²) in [6.07, 6.45) is 0. The van der Waals surface area contributed by atoms with Crippen molar-refractivity contribution in [3.8, 4) is 6.07 Å². The number of rotatable bonds is 2. The van der Waals surface area contributed by atoms with E-state index in [0.717, 1.165) is 12.1 Å². The van der Waals surface area contributed by atoms with Gasteiger partial charge < -0.3 is 0 Å². The Morgan fingerprint density at radius 1 is 1.54 bits per heavy atom. The fourth-order valence-electron chi connectivity index (χ4n) is 0.892. The van der Waals surface area contributed by atoms with E-state index in [9.17, 15) is 9.18 Å². The zero-order valence-corrected chi connectivity index (χ0v) is 8.14. The topological polar surface area (TPSA) is 40.9 Å². The van der Waals surface area contributed by atoms with Gasteiger partial charge in [-0.1, -0.05) is 15.9 Å². The highest BCUT2D eigenvalue weighted by Crippen LogP contribution is 2.10. The smallest absolute Gasteiger partial charge is 0.173 e. The highest BCUT2D eigenvalue weighted by atomic mass is 79.9. The first-order chi connectivity index (χ1) is 6.17. The van der Waals surface area contributed by atoms with E-state index in [4.69, 9.17) is 5.26 Å². The van der Waals surface area contributed by atoms with Gasteiger partial charge in [-0.05, 0) is 18.2 Å². The predicted molar refractivity (Wildman–Crippen MR) is 49.2 cm³/mol. The number of carbonyl (C=O) groups is 1. The van der Waals surface area contributed by atoms with Crippen molar-refractivity contribution in [3.63, 3.8) is 0 Å². The molecule has 2 nitrogen and oxygen atoms in total. The Labute approximate surface area is 83.1 Å². The van der Waals surface area contributed by atoms with Gasteiger partial charge in [0.25, 0.3) is 0 Å². The van der Waals surface area contributed by atoms with Crippen LogP contribution in [0.25, 0.3) is 0 Å². The number of Topliss-reactive ketones (excluding diaryl/α,β-unsaturated/α-hetero) is 1. The van der Waals surface area contributed by atoms with Gasteiger partial charge in [-0.2, -0.15) is 5.26 Å². The summed E-state index contributed by atoms with van der Waals surface area (Å²) in [6, 6.07) is 5.35. The first-order valence-electron chi connectivity index (χ1n) is 3.47. The average molecular weight is 242 g/mol. The molecule has 0 radical (unpaired) electrons. The van der Waals surface area contributed by atoms with Crippen LogP contribution in [0, 0.1) is 17.1 Å². The minimum Gasteiger partial charge on any atom is -0.293 e. The fraction of sp³-hybridized carbons (Fsp3) is 0.111. The average Bonchev–Trinajstić information content (AvgIpc) is 2.15. The molecule has 0 spiro atoms. The molecule has 1 aromatic rings. The summed E-state index contributed by atoms with van der Waals surface area (Å²) in [4.78, 5) is 11.1. The van der Waals surface area contributed by atoms with Crippen LogP contribution in [-0.4, -0.2) is 11.1 Å². The molecule has 4 heteroatoms. The van der Waals surface area contributed by atoms with Crippen LogP contribution in [-0.2, 0) is 0 Å².